The monoisotopic (exact) mass is 403 g/mol. The summed E-state index contributed by atoms with van der Waals surface area (Å²) in [6.07, 6.45) is 0.568. The first kappa shape index (κ1) is 19.4. The zero-order valence-corrected chi connectivity index (χ0v) is 16.5. The first-order chi connectivity index (χ1) is 12.9. The van der Waals surface area contributed by atoms with Gasteiger partial charge in [-0.25, -0.2) is 0 Å². The second kappa shape index (κ2) is 8.55. The van der Waals surface area contributed by atoms with Crippen molar-refractivity contribution in [3.63, 3.8) is 0 Å². The summed E-state index contributed by atoms with van der Waals surface area (Å²) in [7, 11) is 0. The van der Waals surface area contributed by atoms with Crippen LogP contribution in [0.25, 0.3) is 11.4 Å². The maximum atomic E-state index is 12.1. The minimum Gasteiger partial charge on any atom is -0.339 e. The van der Waals surface area contributed by atoms with Crippen molar-refractivity contribution in [2.75, 3.05) is 5.32 Å². The van der Waals surface area contributed by atoms with Crippen LogP contribution in [0.1, 0.15) is 37.6 Å². The lowest BCUT2D eigenvalue weighted by atomic mass is 10.0. The summed E-state index contributed by atoms with van der Waals surface area (Å²) in [5.41, 5.74) is 2.72. The fourth-order valence-corrected chi connectivity index (χ4v) is 2.81. The van der Waals surface area contributed by atoms with Gasteiger partial charge in [0.25, 0.3) is 0 Å². The normalized spacial score (nSPS) is 11.0. The highest BCUT2D eigenvalue weighted by atomic mass is 35.5. The molecule has 1 amide bonds. The molecule has 0 radical (unpaired) electrons. The molecule has 27 heavy (non-hydrogen) atoms. The lowest BCUT2D eigenvalue weighted by Gasteiger charge is -2.05. The Labute approximate surface area is 167 Å². The van der Waals surface area contributed by atoms with Crippen LogP contribution in [-0.4, -0.2) is 16.0 Å². The third-order valence-corrected chi connectivity index (χ3v) is 4.81. The predicted molar refractivity (Wildman–Crippen MR) is 107 cm³/mol. The van der Waals surface area contributed by atoms with Gasteiger partial charge in [0.1, 0.15) is 0 Å². The molecule has 0 atom stereocenters. The van der Waals surface area contributed by atoms with Gasteiger partial charge in [-0.1, -0.05) is 66.5 Å². The molecular weight excluding hydrogens is 385 g/mol. The number of aromatic nitrogens is 2. The van der Waals surface area contributed by atoms with E-state index in [1.54, 1.807) is 18.2 Å². The number of rotatable bonds is 6. The summed E-state index contributed by atoms with van der Waals surface area (Å²) in [6.45, 7) is 4.29. The van der Waals surface area contributed by atoms with Crippen molar-refractivity contribution in [1.82, 2.24) is 10.1 Å². The van der Waals surface area contributed by atoms with E-state index in [0.717, 1.165) is 5.56 Å². The number of nitrogens with one attached hydrogen (secondary N) is 1. The molecule has 7 heteroatoms. The standard InChI is InChI=1S/C20H19Cl2N3O2/c1-12(2)13-3-5-14(6-4-13)20-24-19(27-25-20)10-9-18(26)23-15-7-8-16(21)17(22)11-15/h3-8,11-12H,9-10H2,1-2H3,(H,23,26). The van der Waals surface area contributed by atoms with Crippen LogP contribution in [0.5, 0.6) is 0 Å². The smallest absolute Gasteiger partial charge is 0.227 e. The van der Waals surface area contributed by atoms with E-state index in [9.17, 15) is 4.79 Å². The van der Waals surface area contributed by atoms with Gasteiger partial charge in [0.15, 0.2) is 0 Å². The Morgan fingerprint density at radius 3 is 2.52 bits per heavy atom. The van der Waals surface area contributed by atoms with Gasteiger partial charge < -0.3 is 9.84 Å². The van der Waals surface area contributed by atoms with E-state index >= 15 is 0 Å². The lowest BCUT2D eigenvalue weighted by Crippen LogP contribution is -2.12. The van der Waals surface area contributed by atoms with E-state index in [-0.39, 0.29) is 12.3 Å². The molecule has 0 bridgehead atoms. The fourth-order valence-electron chi connectivity index (χ4n) is 2.51. The third-order valence-electron chi connectivity index (χ3n) is 4.07. The van der Waals surface area contributed by atoms with Crippen LogP contribution in [0.4, 0.5) is 5.69 Å². The van der Waals surface area contributed by atoms with Gasteiger partial charge in [-0.05, 0) is 29.7 Å². The van der Waals surface area contributed by atoms with E-state index in [1.807, 2.05) is 12.1 Å². The molecular formula is C20H19Cl2N3O2. The number of carbonyl (C=O) groups excluding carboxylic acids is 1. The molecule has 0 aliphatic rings. The Hall–Kier alpha value is -2.37. The average Bonchev–Trinajstić information content (AvgIpc) is 3.12. The Kier molecular flexibility index (Phi) is 6.14. The first-order valence-electron chi connectivity index (χ1n) is 8.60. The number of halogens is 2. The van der Waals surface area contributed by atoms with Crippen LogP contribution in [0.15, 0.2) is 47.0 Å². The predicted octanol–water partition coefficient (Wildman–Crippen LogP) is 5.74. The molecule has 0 saturated heterocycles. The summed E-state index contributed by atoms with van der Waals surface area (Å²) in [5, 5.41) is 7.59. The summed E-state index contributed by atoms with van der Waals surface area (Å²) in [6, 6.07) is 13.0. The van der Waals surface area contributed by atoms with Crippen molar-refractivity contribution >= 4 is 34.8 Å². The summed E-state index contributed by atoms with van der Waals surface area (Å²) in [4.78, 5) is 16.4. The van der Waals surface area contributed by atoms with Crippen molar-refractivity contribution in [3.8, 4) is 11.4 Å². The average molecular weight is 404 g/mol. The second-order valence-corrected chi connectivity index (χ2v) is 7.28. The Bertz CT molecular complexity index is 937. The van der Waals surface area contributed by atoms with Gasteiger partial charge in [0, 0.05) is 24.1 Å². The van der Waals surface area contributed by atoms with Crippen molar-refractivity contribution < 1.29 is 9.32 Å². The molecule has 0 saturated carbocycles. The van der Waals surface area contributed by atoms with Gasteiger partial charge in [0.05, 0.1) is 10.0 Å². The Morgan fingerprint density at radius 2 is 1.85 bits per heavy atom. The molecule has 2 aromatic carbocycles. The summed E-state index contributed by atoms with van der Waals surface area (Å²) in [5.74, 6) is 1.23. The van der Waals surface area contributed by atoms with Crippen LogP contribution in [-0.2, 0) is 11.2 Å². The Morgan fingerprint density at radius 1 is 1.11 bits per heavy atom. The zero-order chi connectivity index (χ0) is 19.4. The van der Waals surface area contributed by atoms with Crippen LogP contribution in [0, 0.1) is 0 Å². The molecule has 5 nitrogen and oxygen atoms in total. The van der Waals surface area contributed by atoms with Gasteiger partial charge in [0.2, 0.25) is 17.6 Å². The number of amides is 1. The molecule has 3 rings (SSSR count). The zero-order valence-electron chi connectivity index (χ0n) is 15.0. The molecule has 1 heterocycles. The largest absolute Gasteiger partial charge is 0.339 e. The summed E-state index contributed by atoms with van der Waals surface area (Å²) < 4.78 is 5.25. The molecule has 0 aliphatic carbocycles. The van der Waals surface area contributed by atoms with Gasteiger partial charge in [-0.15, -0.1) is 0 Å². The number of anilines is 1. The SMILES string of the molecule is CC(C)c1ccc(-c2noc(CCC(=O)Nc3ccc(Cl)c(Cl)c3)n2)cc1. The maximum absolute atomic E-state index is 12.1. The fraction of sp³-hybridized carbons (Fsp3) is 0.250. The molecule has 0 fully saturated rings. The Balaban J connectivity index is 1.57. The van der Waals surface area contributed by atoms with Crippen molar-refractivity contribution in [2.24, 2.45) is 0 Å². The lowest BCUT2D eigenvalue weighted by molar-refractivity contribution is -0.116. The van der Waals surface area contributed by atoms with Crippen LogP contribution in [0.2, 0.25) is 10.0 Å². The third kappa shape index (κ3) is 5.08. The number of carbonyl (C=O) groups is 1. The van der Waals surface area contributed by atoms with Crippen molar-refractivity contribution in [1.29, 1.82) is 0 Å². The number of nitrogens with zero attached hydrogens (tertiary/aromatic N) is 2. The molecule has 0 unspecified atom stereocenters. The minimum absolute atomic E-state index is 0.172. The maximum Gasteiger partial charge on any atom is 0.227 e. The van der Waals surface area contributed by atoms with Crippen molar-refractivity contribution in [3.05, 3.63) is 64.0 Å². The quantitative estimate of drug-likeness (QED) is 0.569. The topological polar surface area (TPSA) is 68.0 Å². The first-order valence-corrected chi connectivity index (χ1v) is 9.36. The van der Waals surface area contributed by atoms with E-state index in [4.69, 9.17) is 27.7 Å². The van der Waals surface area contributed by atoms with Gasteiger partial charge in [-0.2, -0.15) is 4.98 Å². The van der Waals surface area contributed by atoms with E-state index in [1.165, 1.54) is 5.56 Å². The highest BCUT2D eigenvalue weighted by molar-refractivity contribution is 6.42. The molecule has 3 aromatic rings. The van der Waals surface area contributed by atoms with Gasteiger partial charge >= 0.3 is 0 Å². The highest BCUT2D eigenvalue weighted by Crippen LogP contribution is 2.25. The van der Waals surface area contributed by atoms with E-state index in [2.05, 4.69) is 41.4 Å². The number of aryl methyl sites for hydroxylation is 1. The number of hydrogen-bond donors (Lipinski definition) is 1. The van der Waals surface area contributed by atoms with Crippen LogP contribution in [0.3, 0.4) is 0 Å². The van der Waals surface area contributed by atoms with Crippen molar-refractivity contribution in [2.45, 2.75) is 32.6 Å². The number of hydrogen-bond acceptors (Lipinski definition) is 4. The van der Waals surface area contributed by atoms with Crippen LogP contribution < -0.4 is 5.32 Å². The summed E-state index contributed by atoms with van der Waals surface area (Å²) >= 11 is 11.8. The van der Waals surface area contributed by atoms with E-state index in [0.29, 0.717) is 39.8 Å². The number of benzene rings is 2. The van der Waals surface area contributed by atoms with Crippen LogP contribution >= 0.6 is 23.2 Å². The minimum atomic E-state index is -0.172. The molecule has 1 aromatic heterocycles. The highest BCUT2D eigenvalue weighted by Gasteiger charge is 2.12. The second-order valence-electron chi connectivity index (χ2n) is 6.47. The van der Waals surface area contributed by atoms with Gasteiger partial charge in [-0.3, -0.25) is 4.79 Å². The molecule has 0 aliphatic heterocycles. The molecule has 1 N–H and O–H groups in total. The molecule has 0 spiro atoms. The molecule has 140 valence electrons. The van der Waals surface area contributed by atoms with E-state index < -0.39 is 0 Å².